The molecule has 0 atom stereocenters. The number of benzene rings is 3. The van der Waals surface area contributed by atoms with Crippen LogP contribution in [0.3, 0.4) is 0 Å². The summed E-state index contributed by atoms with van der Waals surface area (Å²) in [5, 5.41) is 12.2. The van der Waals surface area contributed by atoms with Crippen LogP contribution >= 0.6 is 11.6 Å². The first kappa shape index (κ1) is 19.0. The zero-order valence-electron chi connectivity index (χ0n) is 15.8. The van der Waals surface area contributed by atoms with Gasteiger partial charge in [0.1, 0.15) is 16.8 Å². The number of nitrogens with one attached hydrogen (secondary N) is 1. The molecule has 4 rings (SSSR count). The molecule has 0 saturated heterocycles. The predicted molar refractivity (Wildman–Crippen MR) is 114 cm³/mol. The molecule has 1 amide bonds. The maximum Gasteiger partial charge on any atom is 0.255 e. The van der Waals surface area contributed by atoms with E-state index >= 15 is 0 Å². The fourth-order valence-electron chi connectivity index (χ4n) is 2.85. The van der Waals surface area contributed by atoms with E-state index in [4.69, 9.17) is 16.3 Å². The number of para-hydroxylation sites is 1. The first-order valence-corrected chi connectivity index (χ1v) is 9.68. The Kier molecular flexibility index (Phi) is 5.44. The Hall–Kier alpha value is -3.38. The summed E-state index contributed by atoms with van der Waals surface area (Å²) in [5.41, 5.74) is 3.08. The number of carbonyl (C=O) groups excluding carboxylic acids is 1. The third kappa shape index (κ3) is 4.22. The number of aromatic nitrogens is 3. The highest BCUT2D eigenvalue weighted by molar-refractivity contribution is 6.34. The number of hydrogen-bond acceptors (Lipinski definition) is 4. The van der Waals surface area contributed by atoms with Crippen molar-refractivity contribution >= 4 is 34.2 Å². The van der Waals surface area contributed by atoms with Gasteiger partial charge in [0.15, 0.2) is 0 Å². The van der Waals surface area contributed by atoms with Gasteiger partial charge in [-0.1, -0.05) is 42.8 Å². The van der Waals surface area contributed by atoms with E-state index in [9.17, 15) is 4.79 Å². The normalized spacial score (nSPS) is 10.8. The Balaban J connectivity index is 1.59. The van der Waals surface area contributed by atoms with E-state index in [1.54, 1.807) is 35.1 Å². The molecular weight excluding hydrogens is 388 g/mol. The molecule has 4 aromatic rings. The van der Waals surface area contributed by atoms with Crippen LogP contribution in [0.2, 0.25) is 5.02 Å². The molecule has 6 nitrogen and oxygen atoms in total. The summed E-state index contributed by atoms with van der Waals surface area (Å²) in [4.78, 5) is 14.2. The lowest BCUT2D eigenvalue weighted by molar-refractivity contribution is 0.102. The molecule has 0 spiro atoms. The Morgan fingerprint density at radius 3 is 2.55 bits per heavy atom. The van der Waals surface area contributed by atoms with Crippen LogP contribution in [0.5, 0.6) is 5.75 Å². The van der Waals surface area contributed by atoms with Crippen molar-refractivity contribution < 1.29 is 9.53 Å². The Morgan fingerprint density at radius 1 is 1.03 bits per heavy atom. The lowest BCUT2D eigenvalue weighted by atomic mass is 10.2. The van der Waals surface area contributed by atoms with E-state index in [-0.39, 0.29) is 5.91 Å². The Bertz CT molecular complexity index is 1160. The molecule has 0 aliphatic rings. The van der Waals surface area contributed by atoms with Crippen LogP contribution in [0.4, 0.5) is 5.69 Å². The van der Waals surface area contributed by atoms with E-state index < -0.39 is 0 Å². The van der Waals surface area contributed by atoms with Crippen molar-refractivity contribution in [2.75, 3.05) is 11.9 Å². The summed E-state index contributed by atoms with van der Waals surface area (Å²) in [6.45, 7) is 2.63. The molecule has 0 radical (unpaired) electrons. The number of anilines is 1. The number of rotatable bonds is 6. The smallest absolute Gasteiger partial charge is 0.255 e. The molecule has 7 heteroatoms. The van der Waals surface area contributed by atoms with Gasteiger partial charge in [0.25, 0.3) is 5.91 Å². The summed E-state index contributed by atoms with van der Waals surface area (Å²) < 4.78 is 5.60. The van der Waals surface area contributed by atoms with Crippen molar-refractivity contribution in [3.8, 4) is 11.4 Å². The lowest BCUT2D eigenvalue weighted by Gasteiger charge is -2.09. The number of halogens is 1. The van der Waals surface area contributed by atoms with Crippen molar-refractivity contribution in [3.63, 3.8) is 0 Å². The highest BCUT2D eigenvalue weighted by Gasteiger charge is 2.13. The molecular formula is C22H19ClN4O2. The molecule has 0 fully saturated rings. The third-order valence-electron chi connectivity index (χ3n) is 4.27. The van der Waals surface area contributed by atoms with Crippen LogP contribution in [0.25, 0.3) is 16.7 Å². The van der Waals surface area contributed by atoms with Gasteiger partial charge in [0.05, 0.1) is 23.0 Å². The fourth-order valence-corrected chi connectivity index (χ4v) is 3.06. The number of ether oxygens (including phenoxy) is 1. The Morgan fingerprint density at radius 2 is 1.79 bits per heavy atom. The first-order valence-electron chi connectivity index (χ1n) is 9.30. The van der Waals surface area contributed by atoms with Crippen LogP contribution in [0, 0.1) is 0 Å². The largest absolute Gasteiger partial charge is 0.494 e. The van der Waals surface area contributed by atoms with Crippen molar-refractivity contribution in [2.45, 2.75) is 13.3 Å². The quantitative estimate of drug-likeness (QED) is 0.482. The molecule has 0 saturated carbocycles. The molecule has 29 heavy (non-hydrogen) atoms. The van der Waals surface area contributed by atoms with Gasteiger partial charge in [0.2, 0.25) is 0 Å². The van der Waals surface area contributed by atoms with Gasteiger partial charge in [-0.15, -0.1) is 10.2 Å². The zero-order valence-corrected chi connectivity index (χ0v) is 16.6. The first-order chi connectivity index (χ1) is 14.1. The minimum atomic E-state index is -0.274. The predicted octanol–water partition coefficient (Wildman–Crippen LogP) is 5.12. The fraction of sp³-hybridized carbons (Fsp3) is 0.136. The van der Waals surface area contributed by atoms with E-state index in [1.807, 2.05) is 43.3 Å². The second-order valence-electron chi connectivity index (χ2n) is 6.48. The topological polar surface area (TPSA) is 69.0 Å². The molecule has 1 heterocycles. The van der Waals surface area contributed by atoms with E-state index in [0.29, 0.717) is 39.7 Å². The molecule has 1 N–H and O–H groups in total. The standard InChI is InChI=1S/C22H19ClN4O2/c1-2-11-29-17-10-6-7-15(12-17)22(28)24-19-14-21-20(13-18(19)23)25-27(26-21)16-8-4-3-5-9-16/h3-10,12-14H,2,11H2,1H3,(H,24,28). The van der Waals surface area contributed by atoms with Crippen LogP contribution in [-0.2, 0) is 0 Å². The van der Waals surface area contributed by atoms with Crippen molar-refractivity contribution in [1.29, 1.82) is 0 Å². The second kappa shape index (κ2) is 8.32. The number of fused-ring (bicyclic) bond motifs is 1. The lowest BCUT2D eigenvalue weighted by Crippen LogP contribution is -2.12. The highest BCUT2D eigenvalue weighted by atomic mass is 35.5. The number of hydrogen-bond donors (Lipinski definition) is 1. The highest BCUT2D eigenvalue weighted by Crippen LogP contribution is 2.27. The van der Waals surface area contributed by atoms with E-state index in [1.165, 1.54) is 0 Å². The van der Waals surface area contributed by atoms with Gasteiger partial charge in [-0.05, 0) is 48.9 Å². The van der Waals surface area contributed by atoms with E-state index in [2.05, 4.69) is 15.5 Å². The van der Waals surface area contributed by atoms with Crippen LogP contribution in [0.15, 0.2) is 66.7 Å². The molecule has 1 aromatic heterocycles. The maximum atomic E-state index is 12.7. The minimum Gasteiger partial charge on any atom is -0.494 e. The number of carbonyl (C=O) groups is 1. The van der Waals surface area contributed by atoms with Crippen LogP contribution in [0.1, 0.15) is 23.7 Å². The molecule has 0 aliphatic heterocycles. The summed E-state index contributed by atoms with van der Waals surface area (Å²) in [6, 6.07) is 20.1. The molecule has 146 valence electrons. The second-order valence-corrected chi connectivity index (χ2v) is 6.88. The monoisotopic (exact) mass is 406 g/mol. The SMILES string of the molecule is CCCOc1cccc(C(=O)Nc2cc3nn(-c4ccccc4)nc3cc2Cl)c1. The van der Waals surface area contributed by atoms with Gasteiger partial charge in [0, 0.05) is 5.56 Å². The van der Waals surface area contributed by atoms with Crippen molar-refractivity contribution in [3.05, 3.63) is 77.3 Å². The van der Waals surface area contributed by atoms with Crippen LogP contribution < -0.4 is 10.1 Å². The van der Waals surface area contributed by atoms with Gasteiger partial charge >= 0.3 is 0 Å². The molecule has 0 bridgehead atoms. The van der Waals surface area contributed by atoms with E-state index in [0.717, 1.165) is 12.1 Å². The van der Waals surface area contributed by atoms with Gasteiger partial charge < -0.3 is 10.1 Å². The third-order valence-corrected chi connectivity index (χ3v) is 4.59. The average molecular weight is 407 g/mol. The maximum absolute atomic E-state index is 12.7. The zero-order chi connectivity index (χ0) is 20.2. The Labute approximate surface area is 173 Å². The molecule has 3 aromatic carbocycles. The summed E-state index contributed by atoms with van der Waals surface area (Å²) in [6.07, 6.45) is 0.899. The minimum absolute atomic E-state index is 0.274. The summed E-state index contributed by atoms with van der Waals surface area (Å²) in [7, 11) is 0. The number of amides is 1. The van der Waals surface area contributed by atoms with Gasteiger partial charge in [-0.25, -0.2) is 0 Å². The average Bonchev–Trinajstić information content (AvgIpc) is 3.16. The molecule has 0 aliphatic carbocycles. The van der Waals surface area contributed by atoms with Gasteiger partial charge in [-0.2, -0.15) is 4.80 Å². The number of nitrogens with zero attached hydrogens (tertiary/aromatic N) is 3. The summed E-state index contributed by atoms with van der Waals surface area (Å²) in [5.74, 6) is 0.385. The molecule has 0 unspecified atom stereocenters. The van der Waals surface area contributed by atoms with Crippen LogP contribution in [-0.4, -0.2) is 27.5 Å². The van der Waals surface area contributed by atoms with Crippen molar-refractivity contribution in [2.24, 2.45) is 0 Å². The van der Waals surface area contributed by atoms with Crippen molar-refractivity contribution in [1.82, 2.24) is 15.0 Å². The van der Waals surface area contributed by atoms with Gasteiger partial charge in [-0.3, -0.25) is 4.79 Å². The summed E-state index contributed by atoms with van der Waals surface area (Å²) >= 11 is 6.37.